The van der Waals surface area contributed by atoms with Crippen LogP contribution in [0, 0.1) is 10.1 Å². The highest BCUT2D eigenvalue weighted by molar-refractivity contribution is 6.33. The highest BCUT2D eigenvalue weighted by Crippen LogP contribution is 2.30. The summed E-state index contributed by atoms with van der Waals surface area (Å²) in [5, 5.41) is 19.5. The Morgan fingerprint density at radius 3 is 2.75 bits per heavy atom. The fourth-order valence-corrected chi connectivity index (χ4v) is 1.78. The standard InChI is InChI=1S/C13H8ClNO5/c14-11-3-1-8(13(16)17)7-10(11)12-4-2-9(20-12)5-6-15(18)19/h1-7H,(H,16,17)/b6-5+. The van der Waals surface area contributed by atoms with Crippen molar-refractivity contribution in [2.75, 3.05) is 0 Å². The molecule has 6 nitrogen and oxygen atoms in total. The van der Waals surface area contributed by atoms with Gasteiger partial charge in [-0.05, 0) is 30.3 Å². The largest absolute Gasteiger partial charge is 0.478 e. The van der Waals surface area contributed by atoms with Crippen LogP contribution in [0.25, 0.3) is 17.4 Å². The smallest absolute Gasteiger partial charge is 0.335 e. The summed E-state index contributed by atoms with van der Waals surface area (Å²) in [6.45, 7) is 0. The van der Waals surface area contributed by atoms with Crippen LogP contribution in [0.15, 0.2) is 40.9 Å². The summed E-state index contributed by atoms with van der Waals surface area (Å²) >= 11 is 5.99. The highest BCUT2D eigenvalue weighted by atomic mass is 35.5. The van der Waals surface area contributed by atoms with Crippen LogP contribution in [0.4, 0.5) is 0 Å². The minimum Gasteiger partial charge on any atom is -0.478 e. The molecule has 0 aliphatic rings. The lowest BCUT2D eigenvalue weighted by Crippen LogP contribution is -1.96. The average molecular weight is 294 g/mol. The van der Waals surface area contributed by atoms with Gasteiger partial charge in [-0.15, -0.1) is 0 Å². The van der Waals surface area contributed by atoms with Crippen molar-refractivity contribution in [3.63, 3.8) is 0 Å². The molecule has 2 rings (SSSR count). The van der Waals surface area contributed by atoms with Crippen molar-refractivity contribution >= 4 is 23.6 Å². The normalized spacial score (nSPS) is 10.8. The van der Waals surface area contributed by atoms with Crippen LogP contribution in [0.3, 0.4) is 0 Å². The molecule has 0 unspecified atom stereocenters. The van der Waals surface area contributed by atoms with Gasteiger partial charge in [-0.1, -0.05) is 11.6 Å². The second-order valence-corrected chi connectivity index (χ2v) is 4.21. The molecule has 0 spiro atoms. The van der Waals surface area contributed by atoms with Gasteiger partial charge in [-0.25, -0.2) is 4.79 Å². The number of furan rings is 1. The van der Waals surface area contributed by atoms with Crippen LogP contribution in [0.5, 0.6) is 0 Å². The number of benzene rings is 1. The first kappa shape index (κ1) is 13.8. The molecule has 0 radical (unpaired) electrons. The monoisotopic (exact) mass is 293 g/mol. The van der Waals surface area contributed by atoms with Crippen LogP contribution < -0.4 is 0 Å². The lowest BCUT2D eigenvalue weighted by atomic mass is 10.1. The van der Waals surface area contributed by atoms with Crippen molar-refractivity contribution in [1.82, 2.24) is 0 Å². The van der Waals surface area contributed by atoms with E-state index in [1.165, 1.54) is 30.3 Å². The molecule has 1 heterocycles. The summed E-state index contributed by atoms with van der Waals surface area (Å²) in [6.07, 6.45) is 1.94. The van der Waals surface area contributed by atoms with E-state index >= 15 is 0 Å². The van der Waals surface area contributed by atoms with E-state index < -0.39 is 10.9 Å². The first-order valence-electron chi connectivity index (χ1n) is 5.42. The summed E-state index contributed by atoms with van der Waals surface area (Å²) in [5.41, 5.74) is 0.482. The Bertz CT molecular complexity index is 705. The SMILES string of the molecule is O=C(O)c1ccc(Cl)c(-c2ccc(/C=C/[N+](=O)[O-])o2)c1. The molecular formula is C13H8ClNO5. The number of nitro groups is 1. The Labute approximate surface area is 118 Å². The van der Waals surface area contributed by atoms with Gasteiger partial charge in [0.1, 0.15) is 11.5 Å². The lowest BCUT2D eigenvalue weighted by Gasteiger charge is -2.02. The van der Waals surface area contributed by atoms with E-state index in [1.54, 1.807) is 6.07 Å². The van der Waals surface area contributed by atoms with E-state index in [2.05, 4.69) is 0 Å². The molecule has 0 amide bonds. The summed E-state index contributed by atoms with van der Waals surface area (Å²) in [4.78, 5) is 20.5. The van der Waals surface area contributed by atoms with Crippen molar-refractivity contribution in [2.24, 2.45) is 0 Å². The number of carboxylic acids is 1. The zero-order chi connectivity index (χ0) is 14.7. The first-order chi connectivity index (χ1) is 9.47. The molecule has 7 heteroatoms. The van der Waals surface area contributed by atoms with Crippen LogP contribution in [-0.2, 0) is 0 Å². The van der Waals surface area contributed by atoms with Crippen LogP contribution in [0.2, 0.25) is 5.02 Å². The molecule has 0 aliphatic carbocycles. The molecule has 0 fully saturated rings. The Morgan fingerprint density at radius 2 is 2.10 bits per heavy atom. The molecular weight excluding hydrogens is 286 g/mol. The topological polar surface area (TPSA) is 93.6 Å². The fourth-order valence-electron chi connectivity index (χ4n) is 1.57. The summed E-state index contributed by atoms with van der Waals surface area (Å²) in [6, 6.07) is 7.30. The molecule has 2 aromatic rings. The zero-order valence-electron chi connectivity index (χ0n) is 9.95. The Hall–Kier alpha value is -2.60. The average Bonchev–Trinajstić information content (AvgIpc) is 2.85. The number of halogens is 1. The van der Waals surface area contributed by atoms with E-state index in [9.17, 15) is 14.9 Å². The van der Waals surface area contributed by atoms with Crippen molar-refractivity contribution in [3.05, 3.63) is 63.0 Å². The zero-order valence-corrected chi connectivity index (χ0v) is 10.7. The highest BCUT2D eigenvalue weighted by Gasteiger charge is 2.12. The van der Waals surface area contributed by atoms with Gasteiger partial charge in [-0.2, -0.15) is 0 Å². The Morgan fingerprint density at radius 1 is 1.35 bits per heavy atom. The summed E-state index contributed by atoms with van der Waals surface area (Å²) in [5.74, 6) is -0.475. The fraction of sp³-hybridized carbons (Fsp3) is 0. The predicted octanol–water partition coefficient (Wildman–Crippen LogP) is 3.55. The molecule has 1 aromatic heterocycles. The van der Waals surface area contributed by atoms with Gasteiger partial charge in [0, 0.05) is 5.56 Å². The summed E-state index contributed by atoms with van der Waals surface area (Å²) < 4.78 is 5.37. The number of nitrogens with zero attached hydrogens (tertiary/aromatic N) is 1. The third kappa shape index (κ3) is 3.04. The van der Waals surface area contributed by atoms with Crippen molar-refractivity contribution in [3.8, 4) is 11.3 Å². The minimum atomic E-state index is -1.08. The molecule has 0 saturated heterocycles. The Kier molecular flexibility index (Phi) is 3.86. The van der Waals surface area contributed by atoms with Gasteiger partial charge in [0.2, 0.25) is 6.20 Å². The van der Waals surface area contributed by atoms with Crippen molar-refractivity contribution < 1.29 is 19.2 Å². The maximum atomic E-state index is 10.9. The maximum Gasteiger partial charge on any atom is 0.335 e. The lowest BCUT2D eigenvalue weighted by molar-refractivity contribution is -0.401. The van der Waals surface area contributed by atoms with E-state index in [4.69, 9.17) is 21.1 Å². The number of carbonyl (C=O) groups is 1. The quantitative estimate of drug-likeness (QED) is 0.687. The molecule has 0 aliphatic heterocycles. The predicted molar refractivity (Wildman–Crippen MR) is 72.1 cm³/mol. The van der Waals surface area contributed by atoms with Gasteiger partial charge in [-0.3, -0.25) is 10.1 Å². The van der Waals surface area contributed by atoms with Crippen LogP contribution in [-0.4, -0.2) is 16.0 Å². The van der Waals surface area contributed by atoms with Gasteiger partial charge in [0.15, 0.2) is 0 Å². The number of rotatable bonds is 4. The first-order valence-corrected chi connectivity index (χ1v) is 5.80. The van der Waals surface area contributed by atoms with E-state index in [-0.39, 0.29) is 11.3 Å². The van der Waals surface area contributed by atoms with E-state index in [0.717, 1.165) is 6.20 Å². The minimum absolute atomic E-state index is 0.0724. The van der Waals surface area contributed by atoms with E-state index in [1.807, 2.05) is 0 Å². The number of carboxylic acid groups (broad SMARTS) is 1. The van der Waals surface area contributed by atoms with Gasteiger partial charge in [0.05, 0.1) is 21.6 Å². The molecule has 102 valence electrons. The van der Waals surface area contributed by atoms with Crippen LogP contribution in [0.1, 0.15) is 16.1 Å². The summed E-state index contributed by atoms with van der Waals surface area (Å²) in [7, 11) is 0. The van der Waals surface area contributed by atoms with Crippen molar-refractivity contribution in [2.45, 2.75) is 0 Å². The second kappa shape index (κ2) is 5.58. The Balaban J connectivity index is 2.39. The number of hydrogen-bond acceptors (Lipinski definition) is 4. The molecule has 1 N–H and O–H groups in total. The second-order valence-electron chi connectivity index (χ2n) is 3.80. The molecule has 20 heavy (non-hydrogen) atoms. The molecule has 0 bridgehead atoms. The third-order valence-electron chi connectivity index (χ3n) is 2.47. The van der Waals surface area contributed by atoms with Gasteiger partial charge in [0.25, 0.3) is 0 Å². The number of aromatic carboxylic acids is 1. The number of hydrogen-bond donors (Lipinski definition) is 1. The van der Waals surface area contributed by atoms with Crippen LogP contribution >= 0.6 is 11.6 Å². The third-order valence-corrected chi connectivity index (χ3v) is 2.80. The van der Waals surface area contributed by atoms with E-state index in [0.29, 0.717) is 16.3 Å². The van der Waals surface area contributed by atoms with Gasteiger partial charge < -0.3 is 9.52 Å². The maximum absolute atomic E-state index is 10.9. The molecule has 0 saturated carbocycles. The van der Waals surface area contributed by atoms with Gasteiger partial charge >= 0.3 is 5.97 Å². The molecule has 0 atom stereocenters. The molecule has 1 aromatic carbocycles. The van der Waals surface area contributed by atoms with Crippen molar-refractivity contribution in [1.29, 1.82) is 0 Å².